The Kier molecular flexibility index (Phi) is 6.48. The number of rotatable bonds is 6. The first-order valence-corrected chi connectivity index (χ1v) is 11.7. The monoisotopic (exact) mass is 496 g/mol. The standard InChI is InChI=1S/C22H17ClN6O4S/c1-14-20(22(31)29(27-14)21(30)15-5-7-16(23)8-6-15)26-25-17-9-11-18(12-10-17)34(32,33)28-19-4-2-3-13-24-19/h2-13,20H,1H3,(H,24,28)/b26-25+. The van der Waals surface area contributed by atoms with E-state index in [1.165, 1.54) is 48.7 Å². The van der Waals surface area contributed by atoms with Gasteiger partial charge < -0.3 is 0 Å². The molecule has 1 unspecified atom stereocenters. The third-order valence-electron chi connectivity index (χ3n) is 4.72. The van der Waals surface area contributed by atoms with Crippen molar-refractivity contribution in [2.24, 2.45) is 15.3 Å². The third kappa shape index (κ3) is 5.00. The number of azo groups is 1. The summed E-state index contributed by atoms with van der Waals surface area (Å²) in [4.78, 5) is 29.2. The zero-order chi connectivity index (χ0) is 24.3. The summed E-state index contributed by atoms with van der Waals surface area (Å²) in [5.41, 5.74) is 0.873. The number of imide groups is 1. The minimum absolute atomic E-state index is 0.00604. The lowest BCUT2D eigenvalue weighted by atomic mass is 10.2. The van der Waals surface area contributed by atoms with E-state index in [0.29, 0.717) is 16.4 Å². The molecule has 172 valence electrons. The predicted octanol–water partition coefficient (Wildman–Crippen LogP) is 4.05. The quantitative estimate of drug-likeness (QED) is 0.406. The van der Waals surface area contributed by atoms with Gasteiger partial charge in [0.15, 0.2) is 6.04 Å². The van der Waals surface area contributed by atoms with E-state index in [0.717, 1.165) is 5.01 Å². The number of nitrogens with zero attached hydrogens (tertiary/aromatic N) is 5. The van der Waals surface area contributed by atoms with Gasteiger partial charge in [-0.3, -0.25) is 14.3 Å². The largest absolute Gasteiger partial charge is 0.282 e. The van der Waals surface area contributed by atoms with E-state index in [1.807, 2.05) is 0 Å². The number of pyridine rings is 1. The van der Waals surface area contributed by atoms with Crippen LogP contribution >= 0.6 is 11.6 Å². The maximum Gasteiger partial charge on any atom is 0.282 e. The number of hydrogen-bond donors (Lipinski definition) is 1. The summed E-state index contributed by atoms with van der Waals surface area (Å²) in [7, 11) is -3.83. The summed E-state index contributed by atoms with van der Waals surface area (Å²) < 4.78 is 27.4. The van der Waals surface area contributed by atoms with Gasteiger partial charge in [-0.15, -0.1) is 0 Å². The van der Waals surface area contributed by atoms with E-state index in [4.69, 9.17) is 11.6 Å². The molecule has 0 radical (unpaired) electrons. The van der Waals surface area contributed by atoms with Crippen LogP contribution in [0.25, 0.3) is 0 Å². The lowest BCUT2D eigenvalue weighted by Crippen LogP contribution is -2.34. The number of amides is 2. The number of carbonyl (C=O) groups is 2. The topological polar surface area (TPSA) is 134 Å². The van der Waals surface area contributed by atoms with Crippen molar-refractivity contribution in [1.29, 1.82) is 0 Å². The zero-order valence-corrected chi connectivity index (χ0v) is 19.2. The van der Waals surface area contributed by atoms with E-state index in [2.05, 4.69) is 25.0 Å². The highest BCUT2D eigenvalue weighted by Gasteiger charge is 2.38. The summed E-state index contributed by atoms with van der Waals surface area (Å²) in [5, 5.41) is 13.3. The Morgan fingerprint density at radius 1 is 1.06 bits per heavy atom. The molecule has 10 nitrogen and oxygen atoms in total. The Balaban J connectivity index is 1.45. The molecule has 2 heterocycles. The van der Waals surface area contributed by atoms with Crippen LogP contribution in [0, 0.1) is 0 Å². The van der Waals surface area contributed by atoms with Gasteiger partial charge in [0.25, 0.3) is 21.8 Å². The van der Waals surface area contributed by atoms with Gasteiger partial charge in [-0.1, -0.05) is 17.7 Å². The van der Waals surface area contributed by atoms with Gasteiger partial charge in [0.2, 0.25) is 0 Å². The highest BCUT2D eigenvalue weighted by Crippen LogP contribution is 2.22. The summed E-state index contributed by atoms with van der Waals surface area (Å²) in [6.07, 6.45) is 1.47. The molecule has 34 heavy (non-hydrogen) atoms. The van der Waals surface area contributed by atoms with E-state index in [9.17, 15) is 18.0 Å². The van der Waals surface area contributed by atoms with Crippen molar-refractivity contribution in [2.45, 2.75) is 17.9 Å². The zero-order valence-electron chi connectivity index (χ0n) is 17.7. The second-order valence-corrected chi connectivity index (χ2v) is 9.25. The van der Waals surface area contributed by atoms with Crippen LogP contribution in [0.1, 0.15) is 17.3 Å². The molecular weight excluding hydrogens is 480 g/mol. The maximum absolute atomic E-state index is 12.7. The van der Waals surface area contributed by atoms with Gasteiger partial charge in [0.05, 0.1) is 16.3 Å². The average Bonchev–Trinajstić information content (AvgIpc) is 3.11. The molecule has 2 amide bonds. The fourth-order valence-electron chi connectivity index (χ4n) is 2.99. The Bertz CT molecular complexity index is 1390. The molecule has 1 aliphatic heterocycles. The normalized spacial score (nSPS) is 16.1. The van der Waals surface area contributed by atoms with Crippen molar-refractivity contribution in [1.82, 2.24) is 9.99 Å². The third-order valence-corrected chi connectivity index (χ3v) is 6.34. The van der Waals surface area contributed by atoms with Crippen molar-refractivity contribution < 1.29 is 18.0 Å². The Morgan fingerprint density at radius 3 is 2.41 bits per heavy atom. The number of anilines is 1. The molecule has 0 saturated carbocycles. The minimum atomic E-state index is -3.83. The second-order valence-electron chi connectivity index (χ2n) is 7.14. The summed E-state index contributed by atoms with van der Waals surface area (Å²) >= 11 is 5.84. The van der Waals surface area contributed by atoms with Crippen molar-refractivity contribution in [3.63, 3.8) is 0 Å². The molecule has 1 atom stereocenters. The lowest BCUT2D eigenvalue weighted by Gasteiger charge is -2.10. The van der Waals surface area contributed by atoms with Crippen LogP contribution in [0.4, 0.5) is 11.5 Å². The smallest absolute Gasteiger partial charge is 0.269 e. The number of hydrogen-bond acceptors (Lipinski definition) is 8. The summed E-state index contributed by atoms with van der Waals surface area (Å²) in [6.45, 7) is 1.57. The van der Waals surface area contributed by atoms with Gasteiger partial charge in [-0.25, -0.2) is 13.4 Å². The van der Waals surface area contributed by atoms with Crippen LogP contribution in [-0.2, 0) is 14.8 Å². The minimum Gasteiger partial charge on any atom is -0.269 e. The van der Waals surface area contributed by atoms with E-state index in [-0.39, 0.29) is 16.3 Å². The Hall–Kier alpha value is -3.96. The van der Waals surface area contributed by atoms with Crippen LogP contribution in [0.15, 0.2) is 93.2 Å². The first-order valence-electron chi connectivity index (χ1n) is 9.88. The SMILES string of the molecule is CC1=NN(C(=O)c2ccc(Cl)cc2)C(=O)C1/N=N/c1ccc(S(=O)(=O)Nc2ccccn2)cc1. The van der Waals surface area contributed by atoms with Crippen LogP contribution in [0.5, 0.6) is 0 Å². The fraction of sp³-hybridized carbons (Fsp3) is 0.0909. The fourth-order valence-corrected chi connectivity index (χ4v) is 4.12. The summed E-state index contributed by atoms with van der Waals surface area (Å²) in [5.74, 6) is -1.05. The highest BCUT2D eigenvalue weighted by molar-refractivity contribution is 7.92. The lowest BCUT2D eigenvalue weighted by molar-refractivity contribution is -0.127. The molecule has 1 N–H and O–H groups in total. The molecule has 4 rings (SSSR count). The van der Waals surface area contributed by atoms with Crippen molar-refractivity contribution in [3.8, 4) is 0 Å². The van der Waals surface area contributed by atoms with Gasteiger partial charge >= 0.3 is 0 Å². The van der Waals surface area contributed by atoms with Gasteiger partial charge in [-0.2, -0.15) is 20.3 Å². The second kappa shape index (κ2) is 9.49. The van der Waals surface area contributed by atoms with E-state index < -0.39 is 27.9 Å². The molecule has 3 aromatic rings. The van der Waals surface area contributed by atoms with Crippen LogP contribution in [0.2, 0.25) is 5.02 Å². The predicted molar refractivity (Wildman–Crippen MR) is 126 cm³/mol. The van der Waals surface area contributed by atoms with E-state index in [1.54, 1.807) is 31.2 Å². The number of carbonyl (C=O) groups excluding carboxylic acids is 2. The van der Waals surface area contributed by atoms with Crippen molar-refractivity contribution in [3.05, 3.63) is 83.5 Å². The molecule has 1 aromatic heterocycles. The maximum atomic E-state index is 12.7. The van der Waals surface area contributed by atoms with Crippen LogP contribution in [-0.4, -0.2) is 42.0 Å². The first-order chi connectivity index (χ1) is 16.2. The number of halogens is 1. The number of hydrazone groups is 1. The van der Waals surface area contributed by atoms with Crippen LogP contribution < -0.4 is 4.72 Å². The number of sulfonamides is 1. The number of aromatic nitrogens is 1. The van der Waals surface area contributed by atoms with Crippen LogP contribution in [0.3, 0.4) is 0 Å². The molecule has 1 aliphatic rings. The van der Waals surface area contributed by atoms with Gasteiger partial charge in [-0.05, 0) is 67.6 Å². The molecule has 0 aliphatic carbocycles. The molecule has 0 saturated heterocycles. The highest BCUT2D eigenvalue weighted by atomic mass is 35.5. The molecule has 0 bridgehead atoms. The first kappa shape index (κ1) is 23.2. The number of benzene rings is 2. The average molecular weight is 497 g/mol. The molecule has 2 aromatic carbocycles. The Labute approximate surface area is 200 Å². The molecule has 0 fully saturated rings. The van der Waals surface area contributed by atoms with Gasteiger partial charge in [0, 0.05) is 16.8 Å². The van der Waals surface area contributed by atoms with Gasteiger partial charge in [0.1, 0.15) is 5.82 Å². The Morgan fingerprint density at radius 2 is 1.76 bits per heavy atom. The molecular formula is C22H17ClN6O4S. The molecule has 12 heteroatoms. The molecule has 0 spiro atoms. The van der Waals surface area contributed by atoms with Crippen molar-refractivity contribution >= 4 is 50.7 Å². The number of nitrogens with one attached hydrogen (secondary N) is 1. The van der Waals surface area contributed by atoms with E-state index >= 15 is 0 Å². The summed E-state index contributed by atoms with van der Waals surface area (Å²) in [6, 6.07) is 15.5. The van der Waals surface area contributed by atoms with Crippen molar-refractivity contribution in [2.75, 3.05) is 4.72 Å².